The molecule has 110 valence electrons. The maximum absolute atomic E-state index is 11.4. The average Bonchev–Trinajstić information content (AvgIpc) is 2.90. The molecular formula is C16H18N2O2S. The van der Waals surface area contributed by atoms with E-state index in [1.54, 1.807) is 0 Å². The third-order valence-electron chi connectivity index (χ3n) is 3.90. The van der Waals surface area contributed by atoms with Gasteiger partial charge < -0.3 is 15.1 Å². The van der Waals surface area contributed by atoms with Crippen molar-refractivity contribution in [3.8, 4) is 0 Å². The summed E-state index contributed by atoms with van der Waals surface area (Å²) >= 11 is 5.33. The maximum Gasteiger partial charge on any atom is 0.336 e. The van der Waals surface area contributed by atoms with Crippen LogP contribution in [-0.4, -0.2) is 11.2 Å². The van der Waals surface area contributed by atoms with E-state index in [-0.39, 0.29) is 5.63 Å². The number of nitrogens with one attached hydrogen (secondary N) is 2. The molecule has 0 amide bonds. The Morgan fingerprint density at radius 3 is 2.81 bits per heavy atom. The van der Waals surface area contributed by atoms with Crippen molar-refractivity contribution in [3.05, 3.63) is 40.2 Å². The zero-order valence-corrected chi connectivity index (χ0v) is 12.8. The lowest BCUT2D eigenvalue weighted by atomic mass is 10.1. The van der Waals surface area contributed by atoms with E-state index >= 15 is 0 Å². The number of anilines is 1. The number of benzene rings is 1. The monoisotopic (exact) mass is 302 g/mol. The first-order chi connectivity index (χ1) is 10.1. The molecule has 0 unspecified atom stereocenters. The lowest BCUT2D eigenvalue weighted by Crippen LogP contribution is -2.35. The molecule has 0 saturated heterocycles. The minimum absolute atomic E-state index is 0.330. The van der Waals surface area contributed by atoms with Gasteiger partial charge in [-0.15, -0.1) is 0 Å². The van der Waals surface area contributed by atoms with Crippen LogP contribution in [0.15, 0.2) is 33.5 Å². The van der Waals surface area contributed by atoms with E-state index in [0.717, 1.165) is 16.6 Å². The van der Waals surface area contributed by atoms with Gasteiger partial charge in [0, 0.05) is 29.2 Å². The summed E-state index contributed by atoms with van der Waals surface area (Å²) in [7, 11) is 0. The summed E-state index contributed by atoms with van der Waals surface area (Å²) in [5.41, 5.74) is 1.99. The second-order valence-corrected chi connectivity index (χ2v) is 5.95. The molecule has 0 radical (unpaired) electrons. The molecule has 2 aromatic rings. The Morgan fingerprint density at radius 1 is 1.29 bits per heavy atom. The van der Waals surface area contributed by atoms with Crippen LogP contribution in [0.25, 0.3) is 11.0 Å². The first kappa shape index (κ1) is 14.1. The summed E-state index contributed by atoms with van der Waals surface area (Å²) < 4.78 is 5.24. The van der Waals surface area contributed by atoms with Gasteiger partial charge in [0.2, 0.25) is 0 Å². The van der Waals surface area contributed by atoms with Gasteiger partial charge in [-0.2, -0.15) is 0 Å². The Hall–Kier alpha value is -1.88. The van der Waals surface area contributed by atoms with E-state index in [4.69, 9.17) is 16.6 Å². The van der Waals surface area contributed by atoms with Crippen molar-refractivity contribution in [2.24, 2.45) is 0 Å². The molecule has 5 heteroatoms. The zero-order chi connectivity index (χ0) is 14.8. The van der Waals surface area contributed by atoms with Crippen LogP contribution < -0.4 is 16.3 Å². The fraction of sp³-hybridized carbons (Fsp3) is 0.375. The highest BCUT2D eigenvalue weighted by atomic mass is 32.1. The predicted octanol–water partition coefficient (Wildman–Crippen LogP) is 3.33. The summed E-state index contributed by atoms with van der Waals surface area (Å²) in [4.78, 5) is 11.4. The Bertz CT molecular complexity index is 733. The van der Waals surface area contributed by atoms with Crippen LogP contribution in [0.2, 0.25) is 0 Å². The molecule has 3 rings (SSSR count). The third kappa shape index (κ3) is 3.24. The summed E-state index contributed by atoms with van der Waals surface area (Å²) in [6, 6.07) is 7.67. The Morgan fingerprint density at radius 2 is 2.05 bits per heavy atom. The standard InChI is InChI=1S/C16H18N2O2S/c1-10-8-15(19)20-14-9-12(6-7-13(10)14)18-16(21)17-11-4-2-3-5-11/h6-9,11H,2-5H2,1H3,(H2,17,18,21). The molecule has 1 aromatic carbocycles. The quantitative estimate of drug-likeness (QED) is 0.658. The molecule has 1 aliphatic carbocycles. The summed E-state index contributed by atoms with van der Waals surface area (Å²) in [6.07, 6.45) is 4.88. The highest BCUT2D eigenvalue weighted by molar-refractivity contribution is 7.80. The van der Waals surface area contributed by atoms with Crippen molar-refractivity contribution in [2.45, 2.75) is 38.6 Å². The largest absolute Gasteiger partial charge is 0.423 e. The van der Waals surface area contributed by atoms with E-state index in [2.05, 4.69) is 10.6 Å². The Balaban J connectivity index is 1.77. The van der Waals surface area contributed by atoms with Gasteiger partial charge in [-0.1, -0.05) is 12.8 Å². The van der Waals surface area contributed by atoms with Gasteiger partial charge >= 0.3 is 5.63 Å². The smallest absolute Gasteiger partial charge is 0.336 e. The third-order valence-corrected chi connectivity index (χ3v) is 4.12. The van der Waals surface area contributed by atoms with Gasteiger partial charge in [0.1, 0.15) is 5.58 Å². The van der Waals surface area contributed by atoms with E-state index in [9.17, 15) is 4.79 Å². The molecule has 1 aromatic heterocycles. The average molecular weight is 302 g/mol. The number of rotatable bonds is 2. The van der Waals surface area contributed by atoms with Crippen molar-refractivity contribution in [3.63, 3.8) is 0 Å². The van der Waals surface area contributed by atoms with E-state index in [0.29, 0.717) is 16.7 Å². The SMILES string of the molecule is Cc1cc(=O)oc2cc(NC(=S)NC3CCCC3)ccc12. The molecule has 2 N–H and O–H groups in total. The van der Waals surface area contributed by atoms with Crippen LogP contribution in [0.5, 0.6) is 0 Å². The predicted molar refractivity (Wildman–Crippen MR) is 88.8 cm³/mol. The summed E-state index contributed by atoms with van der Waals surface area (Å²) in [6.45, 7) is 1.90. The van der Waals surface area contributed by atoms with E-state index < -0.39 is 0 Å². The normalized spacial score (nSPS) is 15.3. The molecule has 1 aliphatic rings. The number of aryl methyl sites for hydroxylation is 1. The van der Waals surface area contributed by atoms with Gasteiger partial charge in [0.05, 0.1) is 0 Å². The molecule has 1 saturated carbocycles. The second kappa shape index (κ2) is 5.85. The highest BCUT2D eigenvalue weighted by Gasteiger charge is 2.15. The highest BCUT2D eigenvalue weighted by Crippen LogP contribution is 2.21. The van der Waals surface area contributed by atoms with Crippen LogP contribution >= 0.6 is 12.2 Å². The molecule has 1 fully saturated rings. The number of thiocarbonyl (C=S) groups is 1. The van der Waals surface area contributed by atoms with Gasteiger partial charge in [0.25, 0.3) is 0 Å². The van der Waals surface area contributed by atoms with E-state index in [1.165, 1.54) is 31.7 Å². The van der Waals surface area contributed by atoms with Gasteiger partial charge in [-0.3, -0.25) is 0 Å². The second-order valence-electron chi connectivity index (χ2n) is 5.54. The zero-order valence-electron chi connectivity index (χ0n) is 11.9. The lowest BCUT2D eigenvalue weighted by Gasteiger charge is -2.15. The van der Waals surface area contributed by atoms with Crippen LogP contribution in [0.1, 0.15) is 31.2 Å². The lowest BCUT2D eigenvalue weighted by molar-refractivity contribution is 0.560. The number of hydrogen-bond donors (Lipinski definition) is 2. The van der Waals surface area contributed by atoms with Crippen molar-refractivity contribution < 1.29 is 4.42 Å². The van der Waals surface area contributed by atoms with Crippen LogP contribution in [0.3, 0.4) is 0 Å². The van der Waals surface area contributed by atoms with Crippen molar-refractivity contribution in [1.82, 2.24) is 5.32 Å². The number of hydrogen-bond acceptors (Lipinski definition) is 3. The Kier molecular flexibility index (Phi) is 3.92. The molecule has 0 bridgehead atoms. The summed E-state index contributed by atoms with van der Waals surface area (Å²) in [5.74, 6) is 0. The van der Waals surface area contributed by atoms with Crippen LogP contribution in [0, 0.1) is 6.92 Å². The van der Waals surface area contributed by atoms with Crippen LogP contribution in [0.4, 0.5) is 5.69 Å². The molecule has 21 heavy (non-hydrogen) atoms. The first-order valence-electron chi connectivity index (χ1n) is 7.24. The van der Waals surface area contributed by atoms with Gasteiger partial charge in [-0.25, -0.2) is 4.79 Å². The molecular weight excluding hydrogens is 284 g/mol. The molecule has 0 aliphatic heterocycles. The van der Waals surface area contributed by atoms with Crippen molar-refractivity contribution in [1.29, 1.82) is 0 Å². The minimum atomic E-state index is -0.330. The molecule has 4 nitrogen and oxygen atoms in total. The van der Waals surface area contributed by atoms with Crippen molar-refractivity contribution in [2.75, 3.05) is 5.32 Å². The maximum atomic E-state index is 11.4. The van der Waals surface area contributed by atoms with Crippen LogP contribution in [-0.2, 0) is 0 Å². The molecule has 0 atom stereocenters. The Labute approximate surface area is 128 Å². The first-order valence-corrected chi connectivity index (χ1v) is 7.65. The van der Waals surface area contributed by atoms with Crippen molar-refractivity contribution >= 4 is 34.0 Å². The topological polar surface area (TPSA) is 54.3 Å². The summed E-state index contributed by atoms with van der Waals surface area (Å²) in [5, 5.41) is 8.05. The van der Waals surface area contributed by atoms with Gasteiger partial charge in [-0.05, 0) is 49.7 Å². The fourth-order valence-corrected chi connectivity index (χ4v) is 3.11. The minimum Gasteiger partial charge on any atom is -0.423 e. The van der Waals surface area contributed by atoms with Gasteiger partial charge in [0.15, 0.2) is 5.11 Å². The van der Waals surface area contributed by atoms with E-state index in [1.807, 2.05) is 25.1 Å². The molecule has 0 spiro atoms. The molecule has 1 heterocycles. The fourth-order valence-electron chi connectivity index (χ4n) is 2.83. The number of fused-ring (bicyclic) bond motifs is 1.